The molecule has 2 N–H and O–H groups in total. The number of rotatable bonds is 3. The first-order valence-corrected chi connectivity index (χ1v) is 10.9. The molecule has 3 rings (SSSR count). The molecule has 2 bridgehead atoms. The van der Waals surface area contributed by atoms with Gasteiger partial charge in [-0.05, 0) is 63.4 Å². The van der Waals surface area contributed by atoms with Crippen LogP contribution in [0, 0.1) is 5.92 Å². The Kier molecular flexibility index (Phi) is 7.50. The SMILES string of the molecule is CC1CCCC(NC(=O)OC(C)(C)C)c2cc(ccn2)-c2ccc(OC(F)F)cc2NC1=O. The molecule has 0 saturated heterocycles. The average Bonchev–Trinajstić information content (AvgIpc) is 2.70. The highest BCUT2D eigenvalue weighted by molar-refractivity contribution is 5.97. The van der Waals surface area contributed by atoms with E-state index in [2.05, 4.69) is 20.4 Å². The van der Waals surface area contributed by atoms with Crippen LogP contribution in [0.25, 0.3) is 11.1 Å². The van der Waals surface area contributed by atoms with Crippen molar-refractivity contribution in [2.45, 2.75) is 65.2 Å². The summed E-state index contributed by atoms with van der Waals surface area (Å²) in [5, 5.41) is 5.74. The Hall–Kier alpha value is -3.23. The smallest absolute Gasteiger partial charge is 0.408 e. The van der Waals surface area contributed by atoms with Crippen molar-refractivity contribution in [2.75, 3.05) is 5.32 Å². The predicted octanol–water partition coefficient (Wildman–Crippen LogP) is 5.67. The molecule has 0 aliphatic carbocycles. The maximum Gasteiger partial charge on any atom is 0.408 e. The summed E-state index contributed by atoms with van der Waals surface area (Å²) in [6, 6.07) is 7.56. The summed E-state index contributed by atoms with van der Waals surface area (Å²) in [5.74, 6) is -0.607. The van der Waals surface area contributed by atoms with Crippen LogP contribution in [-0.4, -0.2) is 29.2 Å². The highest BCUT2D eigenvalue weighted by Crippen LogP contribution is 2.34. The van der Waals surface area contributed by atoms with Crippen LogP contribution >= 0.6 is 0 Å². The van der Waals surface area contributed by atoms with Gasteiger partial charge in [-0.1, -0.05) is 13.3 Å². The van der Waals surface area contributed by atoms with Gasteiger partial charge in [0.05, 0.1) is 17.4 Å². The van der Waals surface area contributed by atoms with Crippen LogP contribution in [0.1, 0.15) is 58.7 Å². The molecule has 0 spiro atoms. The van der Waals surface area contributed by atoms with Crippen LogP contribution in [0.4, 0.5) is 19.3 Å². The molecule has 0 fully saturated rings. The van der Waals surface area contributed by atoms with Crippen molar-refractivity contribution in [1.29, 1.82) is 0 Å². The Balaban J connectivity index is 2.01. The minimum absolute atomic E-state index is 0.0532. The number of alkyl halides is 2. The predicted molar refractivity (Wildman–Crippen MR) is 120 cm³/mol. The highest BCUT2D eigenvalue weighted by atomic mass is 19.3. The van der Waals surface area contributed by atoms with Crippen LogP contribution in [0.15, 0.2) is 36.5 Å². The number of pyridine rings is 1. The Morgan fingerprint density at radius 3 is 2.67 bits per heavy atom. The second-order valence-electron chi connectivity index (χ2n) is 9.08. The van der Waals surface area contributed by atoms with Crippen LogP contribution < -0.4 is 15.4 Å². The Morgan fingerprint density at radius 2 is 1.97 bits per heavy atom. The summed E-state index contributed by atoms with van der Waals surface area (Å²) in [6.07, 6.45) is 2.86. The van der Waals surface area contributed by atoms with Gasteiger partial charge in [-0.15, -0.1) is 0 Å². The monoisotopic (exact) mass is 461 g/mol. The molecular weight excluding hydrogens is 432 g/mol. The van der Waals surface area contributed by atoms with Crippen molar-refractivity contribution in [3.63, 3.8) is 0 Å². The molecule has 2 atom stereocenters. The highest BCUT2D eigenvalue weighted by Gasteiger charge is 2.24. The zero-order valence-corrected chi connectivity index (χ0v) is 19.2. The van der Waals surface area contributed by atoms with Crippen molar-refractivity contribution < 1.29 is 27.8 Å². The fourth-order valence-corrected chi connectivity index (χ4v) is 3.62. The number of carbonyl (C=O) groups is 2. The van der Waals surface area contributed by atoms with Gasteiger partial charge in [-0.25, -0.2) is 4.79 Å². The van der Waals surface area contributed by atoms with Gasteiger partial charge in [0, 0.05) is 23.7 Å². The number of amides is 2. The summed E-state index contributed by atoms with van der Waals surface area (Å²) in [6.45, 7) is 4.19. The Morgan fingerprint density at radius 1 is 1.21 bits per heavy atom. The number of nitrogens with zero attached hydrogens (tertiary/aromatic N) is 1. The number of aromatic nitrogens is 1. The van der Waals surface area contributed by atoms with Crippen LogP contribution in [0.2, 0.25) is 0 Å². The number of ether oxygens (including phenoxy) is 2. The van der Waals surface area contributed by atoms with E-state index in [1.165, 1.54) is 12.1 Å². The van der Waals surface area contributed by atoms with Crippen LogP contribution in [0.5, 0.6) is 5.75 Å². The van der Waals surface area contributed by atoms with Gasteiger partial charge in [0.25, 0.3) is 0 Å². The molecule has 178 valence electrons. The molecule has 7 nitrogen and oxygen atoms in total. The van der Waals surface area contributed by atoms with E-state index in [0.717, 1.165) is 0 Å². The topological polar surface area (TPSA) is 89.6 Å². The Bertz CT molecular complexity index is 1010. The summed E-state index contributed by atoms with van der Waals surface area (Å²) < 4.78 is 35.3. The van der Waals surface area contributed by atoms with E-state index in [9.17, 15) is 18.4 Å². The molecule has 9 heteroatoms. The van der Waals surface area contributed by atoms with E-state index in [1.807, 2.05) is 6.07 Å². The number of hydrogen-bond acceptors (Lipinski definition) is 5. The van der Waals surface area contributed by atoms with E-state index < -0.39 is 24.3 Å². The second-order valence-corrected chi connectivity index (χ2v) is 9.08. The molecule has 1 aromatic carbocycles. The molecule has 1 aromatic heterocycles. The van der Waals surface area contributed by atoms with Crippen molar-refractivity contribution in [2.24, 2.45) is 5.92 Å². The number of halogens is 2. The van der Waals surface area contributed by atoms with Crippen molar-refractivity contribution in [3.05, 3.63) is 42.2 Å². The molecule has 1 aliphatic heterocycles. The van der Waals surface area contributed by atoms with E-state index in [-0.39, 0.29) is 17.6 Å². The Labute approximate surface area is 191 Å². The first-order chi connectivity index (χ1) is 15.5. The van der Waals surface area contributed by atoms with E-state index in [0.29, 0.717) is 41.8 Å². The zero-order chi connectivity index (χ0) is 24.2. The zero-order valence-electron chi connectivity index (χ0n) is 19.2. The number of alkyl carbamates (subject to hydrolysis) is 1. The fraction of sp³-hybridized carbons (Fsp3) is 0.458. The first-order valence-electron chi connectivity index (χ1n) is 10.9. The number of fused-ring (bicyclic) bond motifs is 4. The second kappa shape index (κ2) is 10.1. The fourth-order valence-electron chi connectivity index (χ4n) is 3.62. The quantitative estimate of drug-likeness (QED) is 0.614. The molecule has 0 radical (unpaired) electrons. The molecule has 0 saturated carbocycles. The average molecular weight is 462 g/mol. The van der Waals surface area contributed by atoms with Gasteiger partial charge in [0.1, 0.15) is 11.4 Å². The third-order valence-electron chi connectivity index (χ3n) is 5.19. The van der Waals surface area contributed by atoms with Gasteiger partial charge in [0.2, 0.25) is 5.91 Å². The van der Waals surface area contributed by atoms with Crippen molar-refractivity contribution in [1.82, 2.24) is 10.3 Å². The van der Waals surface area contributed by atoms with Crippen molar-refractivity contribution >= 4 is 17.7 Å². The van der Waals surface area contributed by atoms with Gasteiger partial charge < -0.3 is 20.1 Å². The van der Waals surface area contributed by atoms with E-state index >= 15 is 0 Å². The maximum atomic E-state index is 12.8. The van der Waals surface area contributed by atoms with E-state index in [1.54, 1.807) is 46.0 Å². The summed E-state index contributed by atoms with van der Waals surface area (Å²) in [7, 11) is 0. The van der Waals surface area contributed by atoms with Gasteiger partial charge in [-0.2, -0.15) is 8.78 Å². The summed E-state index contributed by atoms with van der Waals surface area (Å²) in [4.78, 5) is 29.7. The molecule has 2 unspecified atom stereocenters. The molecule has 2 heterocycles. The summed E-state index contributed by atoms with van der Waals surface area (Å²) in [5.41, 5.74) is 1.69. The number of carbonyl (C=O) groups excluding carboxylic acids is 2. The van der Waals surface area contributed by atoms with Gasteiger partial charge in [-0.3, -0.25) is 9.78 Å². The minimum Gasteiger partial charge on any atom is -0.444 e. The molecule has 2 amide bonds. The first kappa shape index (κ1) is 24.4. The lowest BCUT2D eigenvalue weighted by molar-refractivity contribution is -0.119. The lowest BCUT2D eigenvalue weighted by Gasteiger charge is -2.25. The minimum atomic E-state index is -2.98. The van der Waals surface area contributed by atoms with Crippen molar-refractivity contribution in [3.8, 4) is 16.9 Å². The third-order valence-corrected chi connectivity index (χ3v) is 5.19. The van der Waals surface area contributed by atoms with Crippen LogP contribution in [0.3, 0.4) is 0 Å². The molecule has 1 aliphatic rings. The lowest BCUT2D eigenvalue weighted by atomic mass is 9.95. The van der Waals surface area contributed by atoms with E-state index in [4.69, 9.17) is 4.74 Å². The largest absolute Gasteiger partial charge is 0.444 e. The number of anilines is 1. The molecule has 2 aromatic rings. The number of nitrogens with one attached hydrogen (secondary N) is 2. The number of hydrogen-bond donors (Lipinski definition) is 2. The van der Waals surface area contributed by atoms with Crippen LogP contribution in [-0.2, 0) is 9.53 Å². The standard InChI is InChI=1S/C24H29F2N3O4/c1-14-6-5-7-18(29-23(31)33-24(2,3)4)20-12-15(10-11-27-20)17-9-8-16(32-22(25)26)13-19(17)28-21(14)30/h8-14,18,22H,5-7H2,1-4H3,(H,28,30)(H,29,31). The molecular formula is C24H29F2N3O4. The summed E-state index contributed by atoms with van der Waals surface area (Å²) >= 11 is 0. The van der Waals surface area contributed by atoms with Gasteiger partial charge >= 0.3 is 12.7 Å². The lowest BCUT2D eigenvalue weighted by Crippen LogP contribution is -2.35. The number of benzene rings is 1. The maximum absolute atomic E-state index is 12.8. The third kappa shape index (κ3) is 6.87. The normalized spacial score (nSPS) is 18.9. The molecule has 33 heavy (non-hydrogen) atoms. The van der Waals surface area contributed by atoms with Gasteiger partial charge in [0.15, 0.2) is 0 Å².